The van der Waals surface area contributed by atoms with Crippen molar-refractivity contribution in [2.24, 2.45) is 5.92 Å². The second-order valence-corrected chi connectivity index (χ2v) is 4.90. The molecule has 0 saturated carbocycles. The molecule has 1 aromatic heterocycles. The Bertz CT molecular complexity index is 597. The second kappa shape index (κ2) is 5.42. The SMILES string of the molecule is O=C1CC(CO)CN1c1nnc(Cc2ccccc2)o1. The van der Waals surface area contributed by atoms with Gasteiger partial charge in [0.1, 0.15) is 0 Å². The summed E-state index contributed by atoms with van der Waals surface area (Å²) in [4.78, 5) is 13.2. The minimum absolute atomic E-state index is 0.00670. The molecule has 2 heterocycles. The molecule has 6 nitrogen and oxygen atoms in total. The number of anilines is 1. The number of aliphatic hydroxyl groups is 1. The lowest BCUT2D eigenvalue weighted by Gasteiger charge is -2.09. The van der Waals surface area contributed by atoms with Crippen molar-refractivity contribution in [2.45, 2.75) is 12.8 Å². The molecule has 3 rings (SSSR count). The number of benzene rings is 1. The van der Waals surface area contributed by atoms with Gasteiger partial charge >= 0.3 is 6.01 Å². The fraction of sp³-hybridized carbons (Fsp3) is 0.357. The molecule has 1 unspecified atom stereocenters. The third kappa shape index (κ3) is 2.55. The average Bonchev–Trinajstić information content (AvgIpc) is 3.06. The summed E-state index contributed by atoms with van der Waals surface area (Å²) in [6.45, 7) is 0.426. The largest absolute Gasteiger partial charge is 0.407 e. The Balaban J connectivity index is 1.72. The maximum absolute atomic E-state index is 11.8. The van der Waals surface area contributed by atoms with Crippen LogP contribution in [0.3, 0.4) is 0 Å². The maximum atomic E-state index is 11.8. The van der Waals surface area contributed by atoms with Crippen LogP contribution in [-0.2, 0) is 11.2 Å². The number of aromatic nitrogens is 2. The van der Waals surface area contributed by atoms with Gasteiger partial charge in [-0.1, -0.05) is 35.4 Å². The van der Waals surface area contributed by atoms with Crippen molar-refractivity contribution < 1.29 is 14.3 Å². The second-order valence-electron chi connectivity index (χ2n) is 4.90. The molecule has 0 spiro atoms. The Labute approximate surface area is 116 Å². The van der Waals surface area contributed by atoms with Crippen LogP contribution in [0.15, 0.2) is 34.7 Å². The van der Waals surface area contributed by atoms with Crippen molar-refractivity contribution in [3.05, 3.63) is 41.8 Å². The van der Waals surface area contributed by atoms with Crippen LogP contribution in [-0.4, -0.2) is 34.4 Å². The Hall–Kier alpha value is -2.21. The molecule has 0 bridgehead atoms. The lowest BCUT2D eigenvalue weighted by atomic mass is 10.1. The number of hydrogen-bond donors (Lipinski definition) is 1. The van der Waals surface area contributed by atoms with Crippen LogP contribution in [0, 0.1) is 5.92 Å². The van der Waals surface area contributed by atoms with Gasteiger partial charge in [0, 0.05) is 25.5 Å². The summed E-state index contributed by atoms with van der Waals surface area (Å²) in [6, 6.07) is 10.0. The van der Waals surface area contributed by atoms with Gasteiger partial charge in [-0.25, -0.2) is 0 Å². The van der Waals surface area contributed by atoms with E-state index in [2.05, 4.69) is 10.2 Å². The van der Waals surface area contributed by atoms with E-state index in [1.165, 1.54) is 4.90 Å². The molecule has 1 aromatic carbocycles. The number of hydrogen-bond acceptors (Lipinski definition) is 5. The summed E-state index contributed by atoms with van der Waals surface area (Å²) in [5.41, 5.74) is 1.07. The first kappa shape index (κ1) is 12.8. The molecule has 1 fully saturated rings. The van der Waals surface area contributed by atoms with Crippen LogP contribution in [0.2, 0.25) is 0 Å². The minimum Gasteiger partial charge on any atom is -0.407 e. The highest BCUT2D eigenvalue weighted by Crippen LogP contribution is 2.24. The lowest BCUT2D eigenvalue weighted by molar-refractivity contribution is -0.117. The predicted molar refractivity (Wildman–Crippen MR) is 71.1 cm³/mol. The molecule has 1 atom stereocenters. The minimum atomic E-state index is -0.0843. The van der Waals surface area contributed by atoms with Crippen LogP contribution in [0.5, 0.6) is 0 Å². The summed E-state index contributed by atoms with van der Waals surface area (Å²) in [5.74, 6) is 0.345. The third-order valence-electron chi connectivity index (χ3n) is 3.35. The van der Waals surface area contributed by atoms with E-state index in [4.69, 9.17) is 9.52 Å². The molecule has 1 N–H and O–H groups in total. The van der Waals surface area contributed by atoms with Crippen molar-refractivity contribution in [1.82, 2.24) is 10.2 Å². The Morgan fingerprint density at radius 2 is 2.10 bits per heavy atom. The summed E-state index contributed by atoms with van der Waals surface area (Å²) in [5, 5.41) is 17.0. The van der Waals surface area contributed by atoms with E-state index in [-0.39, 0.29) is 24.4 Å². The van der Waals surface area contributed by atoms with Gasteiger partial charge in [0.2, 0.25) is 11.8 Å². The van der Waals surface area contributed by atoms with E-state index in [1.54, 1.807) is 0 Å². The van der Waals surface area contributed by atoms with Crippen LogP contribution < -0.4 is 4.90 Å². The summed E-state index contributed by atoms with van der Waals surface area (Å²) >= 11 is 0. The van der Waals surface area contributed by atoms with Crippen molar-refractivity contribution in [2.75, 3.05) is 18.1 Å². The number of amides is 1. The van der Waals surface area contributed by atoms with Gasteiger partial charge in [-0.3, -0.25) is 9.69 Å². The van der Waals surface area contributed by atoms with Crippen molar-refractivity contribution in [3.8, 4) is 0 Å². The quantitative estimate of drug-likeness (QED) is 0.899. The average molecular weight is 273 g/mol. The molecule has 20 heavy (non-hydrogen) atoms. The molecule has 1 amide bonds. The molecular formula is C14H15N3O3. The van der Waals surface area contributed by atoms with E-state index in [0.29, 0.717) is 25.3 Å². The van der Waals surface area contributed by atoms with Crippen LogP contribution in [0.25, 0.3) is 0 Å². The zero-order valence-corrected chi connectivity index (χ0v) is 10.9. The van der Waals surface area contributed by atoms with E-state index < -0.39 is 0 Å². The van der Waals surface area contributed by atoms with Crippen LogP contribution in [0.4, 0.5) is 6.01 Å². The molecule has 104 valence electrons. The van der Waals surface area contributed by atoms with E-state index >= 15 is 0 Å². The number of nitrogens with zero attached hydrogens (tertiary/aromatic N) is 3. The summed E-state index contributed by atoms with van der Waals surface area (Å²) in [7, 11) is 0. The fourth-order valence-electron chi connectivity index (χ4n) is 2.28. The molecule has 1 aliphatic rings. The van der Waals surface area contributed by atoms with Crippen LogP contribution >= 0.6 is 0 Å². The summed E-state index contributed by atoms with van der Waals surface area (Å²) < 4.78 is 5.54. The van der Waals surface area contributed by atoms with Gasteiger partial charge in [-0.2, -0.15) is 0 Å². The Morgan fingerprint density at radius 3 is 2.80 bits per heavy atom. The third-order valence-corrected chi connectivity index (χ3v) is 3.35. The molecule has 0 radical (unpaired) electrons. The predicted octanol–water partition coefficient (Wildman–Crippen LogP) is 1.01. The fourth-order valence-corrected chi connectivity index (χ4v) is 2.28. The molecular weight excluding hydrogens is 258 g/mol. The molecule has 6 heteroatoms. The van der Waals surface area contributed by atoms with Crippen molar-refractivity contribution in [3.63, 3.8) is 0 Å². The van der Waals surface area contributed by atoms with Gasteiger partial charge in [0.05, 0.1) is 6.42 Å². The highest BCUT2D eigenvalue weighted by atomic mass is 16.4. The number of carbonyl (C=O) groups excluding carboxylic acids is 1. The number of aliphatic hydroxyl groups excluding tert-OH is 1. The first-order valence-corrected chi connectivity index (χ1v) is 6.54. The van der Waals surface area contributed by atoms with E-state index in [1.807, 2.05) is 30.3 Å². The van der Waals surface area contributed by atoms with Crippen molar-refractivity contribution in [1.29, 1.82) is 0 Å². The number of rotatable bonds is 4. The highest BCUT2D eigenvalue weighted by Gasteiger charge is 2.33. The zero-order chi connectivity index (χ0) is 13.9. The summed E-state index contributed by atoms with van der Waals surface area (Å²) in [6.07, 6.45) is 0.867. The van der Waals surface area contributed by atoms with E-state index in [0.717, 1.165) is 5.56 Å². The van der Waals surface area contributed by atoms with Gasteiger partial charge in [0.25, 0.3) is 0 Å². The first-order valence-electron chi connectivity index (χ1n) is 6.54. The maximum Gasteiger partial charge on any atom is 0.325 e. The molecule has 2 aromatic rings. The standard InChI is InChI=1S/C14H15N3O3/c18-9-11-7-13(19)17(8-11)14-16-15-12(20-14)6-10-4-2-1-3-5-10/h1-5,11,18H,6-9H2. The topological polar surface area (TPSA) is 79.5 Å². The normalized spacial score (nSPS) is 18.8. The molecule has 0 aliphatic carbocycles. The smallest absolute Gasteiger partial charge is 0.325 e. The van der Waals surface area contributed by atoms with Gasteiger partial charge in [-0.15, -0.1) is 5.10 Å². The van der Waals surface area contributed by atoms with Crippen molar-refractivity contribution >= 4 is 11.9 Å². The molecule has 1 saturated heterocycles. The monoisotopic (exact) mass is 273 g/mol. The van der Waals surface area contributed by atoms with Gasteiger partial charge in [-0.05, 0) is 5.56 Å². The van der Waals surface area contributed by atoms with Gasteiger partial charge in [0.15, 0.2) is 0 Å². The molecule has 1 aliphatic heterocycles. The van der Waals surface area contributed by atoms with E-state index in [9.17, 15) is 4.79 Å². The zero-order valence-electron chi connectivity index (χ0n) is 10.9. The Morgan fingerprint density at radius 1 is 1.30 bits per heavy atom. The first-order chi connectivity index (χ1) is 9.76. The number of carbonyl (C=O) groups is 1. The lowest BCUT2D eigenvalue weighted by Crippen LogP contribution is -2.25. The van der Waals surface area contributed by atoms with Gasteiger partial charge < -0.3 is 9.52 Å². The highest BCUT2D eigenvalue weighted by molar-refractivity contribution is 5.93. The Kier molecular flexibility index (Phi) is 3.47. The van der Waals surface area contributed by atoms with Crippen LogP contribution in [0.1, 0.15) is 17.9 Å².